The fraction of sp³-hybridized carbons (Fsp3) is 0.182. The van der Waals surface area contributed by atoms with Gasteiger partial charge in [0.2, 0.25) is 0 Å². The molecule has 0 saturated carbocycles. The molecule has 0 aliphatic carbocycles. The third-order valence-electron chi connectivity index (χ3n) is 2.46. The average Bonchev–Trinajstić information content (AvgIpc) is 2.42. The first kappa shape index (κ1) is 10.1. The maximum absolute atomic E-state index is 11.0. The van der Waals surface area contributed by atoms with Gasteiger partial charge in [-0.1, -0.05) is 11.6 Å². The fourth-order valence-corrected chi connectivity index (χ4v) is 2.18. The third kappa shape index (κ3) is 1.49. The number of carboxylic acids is 1. The molecule has 78 valence electrons. The molecule has 0 aliphatic heterocycles. The molecule has 1 N–H and O–H groups in total. The van der Waals surface area contributed by atoms with Crippen LogP contribution in [0.4, 0.5) is 0 Å². The molecular formula is C11H10ClNO2. The van der Waals surface area contributed by atoms with E-state index in [0.717, 1.165) is 11.1 Å². The second kappa shape index (κ2) is 3.28. The van der Waals surface area contributed by atoms with Crippen molar-refractivity contribution in [3.8, 4) is 0 Å². The number of hydrogen-bond donors (Lipinski definition) is 1. The molecule has 2 aromatic rings. The first-order valence-corrected chi connectivity index (χ1v) is 4.87. The number of hydrogen-bond acceptors (Lipinski definition) is 1. The molecule has 0 spiro atoms. The SMILES string of the molecule is Cc1cc(Cl)cc2c(C(=O)O)cn(C)c12. The van der Waals surface area contributed by atoms with Crippen LogP contribution < -0.4 is 0 Å². The summed E-state index contributed by atoms with van der Waals surface area (Å²) in [4.78, 5) is 11.0. The minimum atomic E-state index is -0.928. The normalized spacial score (nSPS) is 10.9. The second-order valence-electron chi connectivity index (χ2n) is 3.58. The predicted molar refractivity (Wildman–Crippen MR) is 59.6 cm³/mol. The molecule has 3 nitrogen and oxygen atoms in total. The first-order chi connectivity index (χ1) is 7.00. The van der Waals surface area contributed by atoms with Gasteiger partial charge >= 0.3 is 5.97 Å². The van der Waals surface area contributed by atoms with E-state index in [9.17, 15) is 4.79 Å². The van der Waals surface area contributed by atoms with E-state index in [1.807, 2.05) is 24.6 Å². The van der Waals surface area contributed by atoms with Crippen molar-refractivity contribution in [3.05, 3.63) is 34.5 Å². The topological polar surface area (TPSA) is 42.2 Å². The Morgan fingerprint density at radius 1 is 1.47 bits per heavy atom. The molecular weight excluding hydrogens is 214 g/mol. The second-order valence-corrected chi connectivity index (χ2v) is 4.01. The molecule has 0 unspecified atom stereocenters. The summed E-state index contributed by atoms with van der Waals surface area (Å²) in [6.07, 6.45) is 1.61. The van der Waals surface area contributed by atoms with Gasteiger partial charge in [0.1, 0.15) is 0 Å². The monoisotopic (exact) mass is 223 g/mol. The standard InChI is InChI=1S/C11H10ClNO2/c1-6-3-7(12)4-8-9(11(14)15)5-13(2)10(6)8/h3-5H,1-2H3,(H,14,15). The van der Waals surface area contributed by atoms with E-state index < -0.39 is 5.97 Å². The van der Waals surface area contributed by atoms with Gasteiger partial charge in [-0.15, -0.1) is 0 Å². The van der Waals surface area contributed by atoms with Crippen LogP contribution in [0.25, 0.3) is 10.9 Å². The van der Waals surface area contributed by atoms with Gasteiger partial charge in [0.25, 0.3) is 0 Å². The van der Waals surface area contributed by atoms with Crippen LogP contribution in [0.2, 0.25) is 5.02 Å². The molecule has 1 heterocycles. The number of fused-ring (bicyclic) bond motifs is 1. The Balaban J connectivity index is 2.93. The Morgan fingerprint density at radius 2 is 2.13 bits per heavy atom. The minimum absolute atomic E-state index is 0.290. The largest absolute Gasteiger partial charge is 0.478 e. The number of aromatic nitrogens is 1. The van der Waals surface area contributed by atoms with E-state index >= 15 is 0 Å². The maximum Gasteiger partial charge on any atom is 0.337 e. The van der Waals surface area contributed by atoms with E-state index in [1.54, 1.807) is 12.3 Å². The van der Waals surface area contributed by atoms with Crippen LogP contribution in [-0.4, -0.2) is 15.6 Å². The molecule has 0 atom stereocenters. The van der Waals surface area contributed by atoms with E-state index in [1.165, 1.54) is 0 Å². The molecule has 0 aliphatic rings. The van der Waals surface area contributed by atoms with Crippen molar-refractivity contribution in [2.75, 3.05) is 0 Å². The van der Waals surface area contributed by atoms with Crippen molar-refractivity contribution in [1.29, 1.82) is 0 Å². The Labute approximate surface area is 91.9 Å². The van der Waals surface area contributed by atoms with Crippen molar-refractivity contribution in [1.82, 2.24) is 4.57 Å². The molecule has 0 saturated heterocycles. The highest BCUT2D eigenvalue weighted by Crippen LogP contribution is 2.27. The molecule has 0 bridgehead atoms. The zero-order valence-corrected chi connectivity index (χ0v) is 9.17. The van der Waals surface area contributed by atoms with Crippen LogP contribution in [-0.2, 0) is 7.05 Å². The highest BCUT2D eigenvalue weighted by atomic mass is 35.5. The molecule has 0 fully saturated rings. The van der Waals surface area contributed by atoms with Gasteiger partial charge in [0, 0.05) is 23.7 Å². The summed E-state index contributed by atoms with van der Waals surface area (Å²) >= 11 is 5.91. The molecule has 2 rings (SSSR count). The van der Waals surface area contributed by atoms with Gasteiger partial charge in [-0.3, -0.25) is 0 Å². The molecule has 15 heavy (non-hydrogen) atoms. The summed E-state index contributed by atoms with van der Waals surface area (Å²) in [5, 5.41) is 10.3. The zero-order valence-electron chi connectivity index (χ0n) is 8.41. The lowest BCUT2D eigenvalue weighted by Gasteiger charge is -2.01. The molecule has 1 aromatic carbocycles. The van der Waals surface area contributed by atoms with Gasteiger partial charge in [-0.25, -0.2) is 4.79 Å². The third-order valence-corrected chi connectivity index (χ3v) is 2.68. The van der Waals surface area contributed by atoms with Gasteiger partial charge in [-0.05, 0) is 24.6 Å². The van der Waals surface area contributed by atoms with Crippen molar-refractivity contribution >= 4 is 28.5 Å². The highest BCUT2D eigenvalue weighted by molar-refractivity contribution is 6.31. The summed E-state index contributed by atoms with van der Waals surface area (Å²) in [7, 11) is 1.83. The number of benzene rings is 1. The Hall–Kier alpha value is -1.48. The summed E-state index contributed by atoms with van der Waals surface area (Å²) in [5.74, 6) is -0.928. The number of carbonyl (C=O) groups is 1. The van der Waals surface area contributed by atoms with Crippen molar-refractivity contribution in [2.24, 2.45) is 7.05 Å². The van der Waals surface area contributed by atoms with Crippen LogP contribution >= 0.6 is 11.6 Å². The number of nitrogens with zero attached hydrogens (tertiary/aromatic N) is 1. The highest BCUT2D eigenvalue weighted by Gasteiger charge is 2.14. The van der Waals surface area contributed by atoms with Gasteiger partial charge in [-0.2, -0.15) is 0 Å². The number of carboxylic acid groups (broad SMARTS) is 1. The smallest absolute Gasteiger partial charge is 0.337 e. The quantitative estimate of drug-likeness (QED) is 0.808. The minimum Gasteiger partial charge on any atom is -0.478 e. The van der Waals surface area contributed by atoms with Gasteiger partial charge in [0.05, 0.1) is 11.1 Å². The van der Waals surface area contributed by atoms with Crippen molar-refractivity contribution in [3.63, 3.8) is 0 Å². The maximum atomic E-state index is 11.0. The van der Waals surface area contributed by atoms with E-state index in [4.69, 9.17) is 16.7 Å². The van der Waals surface area contributed by atoms with Crippen LogP contribution in [0, 0.1) is 6.92 Å². The number of aromatic carboxylic acids is 1. The van der Waals surface area contributed by atoms with Crippen molar-refractivity contribution < 1.29 is 9.90 Å². The van der Waals surface area contributed by atoms with E-state index in [-0.39, 0.29) is 5.56 Å². The van der Waals surface area contributed by atoms with Crippen LogP contribution in [0.15, 0.2) is 18.3 Å². The zero-order chi connectivity index (χ0) is 11.2. The summed E-state index contributed by atoms with van der Waals surface area (Å²) in [6.45, 7) is 1.92. The lowest BCUT2D eigenvalue weighted by Crippen LogP contribution is -1.93. The number of rotatable bonds is 1. The number of halogens is 1. The lowest BCUT2D eigenvalue weighted by atomic mass is 10.1. The fourth-order valence-electron chi connectivity index (χ4n) is 1.91. The van der Waals surface area contributed by atoms with Crippen LogP contribution in [0.3, 0.4) is 0 Å². The van der Waals surface area contributed by atoms with Crippen LogP contribution in [0.1, 0.15) is 15.9 Å². The van der Waals surface area contributed by atoms with Crippen LogP contribution in [0.5, 0.6) is 0 Å². The predicted octanol–water partition coefficient (Wildman–Crippen LogP) is 2.84. The average molecular weight is 224 g/mol. The Kier molecular flexibility index (Phi) is 2.20. The summed E-state index contributed by atoms with van der Waals surface area (Å²) in [6, 6.07) is 3.52. The van der Waals surface area contributed by atoms with E-state index in [0.29, 0.717) is 10.4 Å². The molecule has 0 amide bonds. The first-order valence-electron chi connectivity index (χ1n) is 4.49. The van der Waals surface area contributed by atoms with Gasteiger partial charge in [0.15, 0.2) is 0 Å². The van der Waals surface area contributed by atoms with Gasteiger partial charge < -0.3 is 9.67 Å². The Bertz CT molecular complexity index is 557. The lowest BCUT2D eigenvalue weighted by molar-refractivity contribution is 0.0699. The molecule has 4 heteroatoms. The number of aryl methyl sites for hydroxylation is 2. The molecule has 1 aromatic heterocycles. The molecule has 0 radical (unpaired) electrons. The van der Waals surface area contributed by atoms with Crippen molar-refractivity contribution in [2.45, 2.75) is 6.92 Å². The van der Waals surface area contributed by atoms with E-state index in [2.05, 4.69) is 0 Å². The Morgan fingerprint density at radius 3 is 2.73 bits per heavy atom. The summed E-state index contributed by atoms with van der Waals surface area (Å²) < 4.78 is 1.81. The summed E-state index contributed by atoms with van der Waals surface area (Å²) in [5.41, 5.74) is 2.18.